The highest BCUT2D eigenvalue weighted by Gasteiger charge is 2.35. The number of rotatable bonds is 5. The van der Waals surface area contributed by atoms with Crippen LogP contribution in [0, 0.1) is 0 Å². The van der Waals surface area contributed by atoms with Crippen LogP contribution >= 0.6 is 0 Å². The standard InChI is InChI=1S/C22H24BO2/c1-21(2,24)22(3,4)25-23-18-12-7-11-17(15-18)20-14-8-10-16-9-5-6-13-19(16)20/h5-15,24H,1-4H3. The van der Waals surface area contributed by atoms with Gasteiger partial charge in [0.05, 0.1) is 11.2 Å². The highest BCUT2D eigenvalue weighted by atomic mass is 16.5. The minimum Gasteiger partial charge on any atom is -0.427 e. The fourth-order valence-electron chi connectivity index (χ4n) is 2.62. The Kier molecular flexibility index (Phi) is 4.72. The zero-order valence-corrected chi connectivity index (χ0v) is 15.3. The molecule has 1 radical (unpaired) electrons. The summed E-state index contributed by atoms with van der Waals surface area (Å²) in [5, 5.41) is 12.7. The molecule has 0 aliphatic heterocycles. The van der Waals surface area contributed by atoms with Crippen molar-refractivity contribution in [1.29, 1.82) is 0 Å². The van der Waals surface area contributed by atoms with Crippen molar-refractivity contribution in [3.8, 4) is 11.1 Å². The third kappa shape index (κ3) is 3.78. The van der Waals surface area contributed by atoms with Crippen LogP contribution in [0.3, 0.4) is 0 Å². The van der Waals surface area contributed by atoms with Crippen molar-refractivity contribution in [2.24, 2.45) is 0 Å². The monoisotopic (exact) mass is 331 g/mol. The molecule has 25 heavy (non-hydrogen) atoms. The second kappa shape index (κ2) is 6.66. The molecule has 0 aromatic heterocycles. The van der Waals surface area contributed by atoms with Crippen LogP contribution in [-0.2, 0) is 4.65 Å². The number of aliphatic hydroxyl groups is 1. The molecule has 0 aliphatic carbocycles. The van der Waals surface area contributed by atoms with E-state index in [0.29, 0.717) is 0 Å². The Morgan fingerprint density at radius 1 is 0.840 bits per heavy atom. The number of benzene rings is 3. The molecular formula is C22H24BO2. The van der Waals surface area contributed by atoms with E-state index >= 15 is 0 Å². The Bertz CT molecular complexity index is 873. The van der Waals surface area contributed by atoms with Crippen LogP contribution in [0.2, 0.25) is 0 Å². The molecule has 0 heterocycles. The molecule has 0 bridgehead atoms. The third-order valence-electron chi connectivity index (χ3n) is 4.95. The first-order valence-corrected chi connectivity index (χ1v) is 8.59. The lowest BCUT2D eigenvalue weighted by atomic mass is 9.81. The van der Waals surface area contributed by atoms with Gasteiger partial charge in [0, 0.05) is 0 Å². The van der Waals surface area contributed by atoms with E-state index in [2.05, 4.69) is 54.6 Å². The predicted molar refractivity (Wildman–Crippen MR) is 106 cm³/mol. The first kappa shape index (κ1) is 17.7. The maximum absolute atomic E-state index is 10.2. The van der Waals surface area contributed by atoms with Crippen molar-refractivity contribution >= 4 is 23.7 Å². The first-order chi connectivity index (χ1) is 11.8. The second-order valence-electron chi connectivity index (χ2n) is 7.46. The van der Waals surface area contributed by atoms with Crippen LogP contribution in [0.15, 0.2) is 66.7 Å². The molecule has 3 aromatic rings. The molecule has 0 spiro atoms. The summed E-state index contributed by atoms with van der Waals surface area (Å²) < 4.78 is 5.88. The zero-order valence-electron chi connectivity index (χ0n) is 15.3. The Balaban J connectivity index is 1.89. The molecule has 0 saturated carbocycles. The molecule has 3 heteroatoms. The van der Waals surface area contributed by atoms with Gasteiger partial charge in [-0.2, -0.15) is 0 Å². The molecule has 127 valence electrons. The number of fused-ring (bicyclic) bond motifs is 1. The molecule has 1 N–H and O–H groups in total. The Morgan fingerprint density at radius 3 is 2.28 bits per heavy atom. The minimum absolute atomic E-state index is 0.678. The van der Waals surface area contributed by atoms with Crippen molar-refractivity contribution in [2.45, 2.75) is 38.9 Å². The van der Waals surface area contributed by atoms with Crippen LogP contribution in [0.4, 0.5) is 0 Å². The van der Waals surface area contributed by atoms with Gasteiger partial charge in [-0.1, -0.05) is 72.2 Å². The highest BCUT2D eigenvalue weighted by Crippen LogP contribution is 2.28. The summed E-state index contributed by atoms with van der Waals surface area (Å²) in [5.41, 5.74) is 1.72. The van der Waals surface area contributed by atoms with Gasteiger partial charge in [-0.25, -0.2) is 0 Å². The lowest BCUT2D eigenvalue weighted by Gasteiger charge is -2.37. The molecule has 0 fully saturated rings. The Labute approximate surface area is 150 Å². The van der Waals surface area contributed by atoms with E-state index in [9.17, 15) is 5.11 Å². The molecule has 0 atom stereocenters. The van der Waals surface area contributed by atoms with Gasteiger partial charge in [-0.3, -0.25) is 0 Å². The maximum Gasteiger partial charge on any atom is 0.330 e. The van der Waals surface area contributed by atoms with E-state index in [4.69, 9.17) is 4.65 Å². The van der Waals surface area contributed by atoms with Gasteiger partial charge in [0.15, 0.2) is 0 Å². The summed E-state index contributed by atoms with van der Waals surface area (Å²) in [4.78, 5) is 0. The number of hydrogen-bond acceptors (Lipinski definition) is 2. The number of hydrogen-bond donors (Lipinski definition) is 1. The van der Waals surface area contributed by atoms with Crippen LogP contribution < -0.4 is 5.46 Å². The van der Waals surface area contributed by atoms with Gasteiger partial charge in [-0.15, -0.1) is 0 Å². The first-order valence-electron chi connectivity index (χ1n) is 8.59. The van der Waals surface area contributed by atoms with E-state index in [1.165, 1.54) is 16.3 Å². The highest BCUT2D eigenvalue weighted by molar-refractivity contribution is 6.47. The summed E-state index contributed by atoms with van der Waals surface area (Å²) in [7, 11) is 1.73. The van der Waals surface area contributed by atoms with Gasteiger partial charge >= 0.3 is 7.48 Å². The summed E-state index contributed by atoms with van der Waals surface area (Å²) in [6.07, 6.45) is 0. The predicted octanol–water partition coefficient (Wildman–Crippen LogP) is 4.32. The normalized spacial score (nSPS) is 12.4. The molecular weight excluding hydrogens is 307 g/mol. The molecule has 3 aromatic carbocycles. The third-order valence-corrected chi connectivity index (χ3v) is 4.95. The Morgan fingerprint density at radius 2 is 1.52 bits per heavy atom. The summed E-state index contributed by atoms with van der Waals surface area (Å²) in [6, 6.07) is 23.0. The van der Waals surface area contributed by atoms with Gasteiger partial charge in [-0.05, 0) is 49.6 Å². The summed E-state index contributed by atoms with van der Waals surface area (Å²) in [6.45, 7) is 7.29. The van der Waals surface area contributed by atoms with Crippen molar-refractivity contribution in [3.63, 3.8) is 0 Å². The van der Waals surface area contributed by atoms with E-state index < -0.39 is 11.2 Å². The molecule has 3 rings (SSSR count). The van der Waals surface area contributed by atoms with Crippen molar-refractivity contribution in [1.82, 2.24) is 0 Å². The molecule has 0 aliphatic rings. The van der Waals surface area contributed by atoms with Crippen molar-refractivity contribution in [3.05, 3.63) is 66.7 Å². The summed E-state index contributed by atoms with van der Waals surface area (Å²) in [5.74, 6) is 0. The van der Waals surface area contributed by atoms with E-state index in [1.807, 2.05) is 26.0 Å². The van der Waals surface area contributed by atoms with Crippen LogP contribution in [0.1, 0.15) is 27.7 Å². The lowest BCUT2D eigenvalue weighted by Crippen LogP contribution is -2.49. The van der Waals surface area contributed by atoms with Crippen molar-refractivity contribution < 1.29 is 9.76 Å². The average molecular weight is 331 g/mol. The van der Waals surface area contributed by atoms with Crippen LogP contribution in [0.25, 0.3) is 21.9 Å². The molecule has 0 amide bonds. The van der Waals surface area contributed by atoms with E-state index in [0.717, 1.165) is 11.0 Å². The largest absolute Gasteiger partial charge is 0.427 e. The van der Waals surface area contributed by atoms with Gasteiger partial charge < -0.3 is 9.76 Å². The maximum atomic E-state index is 10.2. The van der Waals surface area contributed by atoms with Gasteiger partial charge in [0.1, 0.15) is 0 Å². The SMILES string of the molecule is CC(C)(O)C(C)(C)O[B]c1cccc(-c2cccc3ccccc23)c1. The quantitative estimate of drug-likeness (QED) is 0.706. The fourth-order valence-corrected chi connectivity index (χ4v) is 2.62. The topological polar surface area (TPSA) is 29.5 Å². The van der Waals surface area contributed by atoms with Crippen molar-refractivity contribution in [2.75, 3.05) is 0 Å². The average Bonchev–Trinajstić information content (AvgIpc) is 2.59. The lowest BCUT2D eigenvalue weighted by molar-refractivity contribution is -0.0893. The van der Waals surface area contributed by atoms with Gasteiger partial charge in [0.2, 0.25) is 0 Å². The van der Waals surface area contributed by atoms with Crippen LogP contribution in [-0.4, -0.2) is 23.8 Å². The molecule has 0 unspecified atom stereocenters. The second-order valence-corrected chi connectivity index (χ2v) is 7.46. The minimum atomic E-state index is -0.934. The van der Waals surface area contributed by atoms with Gasteiger partial charge in [0.25, 0.3) is 0 Å². The smallest absolute Gasteiger partial charge is 0.330 e. The fraction of sp³-hybridized carbons (Fsp3) is 0.273. The zero-order chi connectivity index (χ0) is 18.1. The van der Waals surface area contributed by atoms with E-state index in [-0.39, 0.29) is 0 Å². The molecule has 0 saturated heterocycles. The summed E-state index contributed by atoms with van der Waals surface area (Å²) >= 11 is 0. The van der Waals surface area contributed by atoms with Crippen LogP contribution in [0.5, 0.6) is 0 Å². The van der Waals surface area contributed by atoms with E-state index in [1.54, 1.807) is 21.3 Å². The Hall–Kier alpha value is -2.10. The molecule has 2 nitrogen and oxygen atoms in total.